The van der Waals surface area contributed by atoms with E-state index >= 15 is 0 Å². The molecule has 4 aliphatic carbocycles. The molecule has 2 N–H and O–H groups in total. The highest BCUT2D eigenvalue weighted by molar-refractivity contribution is 6.27. The number of fused-ring (bicyclic) bond motifs is 3. The fraction of sp³-hybridized carbons (Fsp3) is 0.484. The van der Waals surface area contributed by atoms with Gasteiger partial charge in [-0.2, -0.15) is 0 Å². The van der Waals surface area contributed by atoms with Crippen molar-refractivity contribution in [3.05, 3.63) is 65.4 Å². The van der Waals surface area contributed by atoms with Crippen molar-refractivity contribution in [3.8, 4) is 0 Å². The number of benzene rings is 2. The van der Waals surface area contributed by atoms with E-state index in [1.54, 1.807) is 4.90 Å². The zero-order chi connectivity index (χ0) is 26.0. The quantitative estimate of drug-likeness (QED) is 0.322. The van der Waals surface area contributed by atoms with Crippen LogP contribution in [0, 0.1) is 17.8 Å². The van der Waals surface area contributed by atoms with Gasteiger partial charge in [-0.05, 0) is 85.6 Å². The van der Waals surface area contributed by atoms with Gasteiger partial charge in [0.2, 0.25) is 5.91 Å². The molecule has 38 heavy (non-hydrogen) atoms. The average Bonchev–Trinajstić information content (AvgIpc) is 3.29. The number of carbonyl (C=O) groups is 2. The molecule has 1 aromatic heterocycles. The van der Waals surface area contributed by atoms with E-state index < -0.39 is 18.1 Å². The monoisotopic (exact) mass is 531 g/mol. The zero-order valence-corrected chi connectivity index (χ0v) is 22.5. The molecular weight excluding hydrogens is 498 g/mol. The molecule has 1 amide bonds. The van der Waals surface area contributed by atoms with Crippen molar-refractivity contribution in [1.29, 1.82) is 0 Å². The number of aromatic nitrogens is 1. The number of carbonyl (C=O) groups excluding carboxylic acids is 2. The lowest BCUT2D eigenvalue weighted by molar-refractivity contribution is -0.154. The van der Waals surface area contributed by atoms with Gasteiger partial charge < -0.3 is 19.9 Å². The van der Waals surface area contributed by atoms with Gasteiger partial charge in [-0.1, -0.05) is 30.3 Å². The van der Waals surface area contributed by atoms with Gasteiger partial charge in [0, 0.05) is 34.2 Å². The number of H-pyrrole nitrogens is 1. The number of ether oxygens (including phenoxy) is 1. The predicted molar refractivity (Wildman–Crippen MR) is 148 cm³/mol. The van der Waals surface area contributed by atoms with Gasteiger partial charge in [0.05, 0.1) is 13.2 Å². The minimum absolute atomic E-state index is 0.203. The fourth-order valence-electron chi connectivity index (χ4n) is 8.65. The third kappa shape index (κ3) is 3.83. The lowest BCUT2D eigenvalue weighted by atomic mass is 9.53. The van der Waals surface area contributed by atoms with Crippen LogP contribution in [-0.2, 0) is 20.7 Å². The van der Waals surface area contributed by atoms with Crippen molar-refractivity contribution in [2.24, 2.45) is 17.8 Å². The Hall–Kier alpha value is -2.99. The first kappa shape index (κ1) is 24.1. The Labute approximate surface area is 228 Å². The third-order valence-electron chi connectivity index (χ3n) is 9.68. The van der Waals surface area contributed by atoms with Crippen LogP contribution in [0.4, 0.5) is 5.69 Å². The first-order chi connectivity index (χ1) is 18.5. The van der Waals surface area contributed by atoms with E-state index in [4.69, 9.17) is 16.3 Å². The summed E-state index contributed by atoms with van der Waals surface area (Å²) in [6, 6.07) is 15.3. The van der Waals surface area contributed by atoms with E-state index in [0.717, 1.165) is 51.2 Å². The summed E-state index contributed by atoms with van der Waals surface area (Å²) in [5.74, 6) is 1.71. The zero-order valence-electron chi connectivity index (χ0n) is 21.7. The normalized spacial score (nSPS) is 31.3. The molecule has 6 nitrogen and oxygen atoms in total. The number of alkyl halides is 1. The molecule has 4 fully saturated rings. The maximum Gasteiger partial charge on any atom is 0.328 e. The molecule has 2 heterocycles. The van der Waals surface area contributed by atoms with Crippen LogP contribution in [0.15, 0.2) is 48.5 Å². The van der Waals surface area contributed by atoms with E-state index in [2.05, 4.69) is 40.6 Å². The second-order valence-electron chi connectivity index (χ2n) is 12.1. The molecule has 0 radical (unpaired) electrons. The number of methoxy groups -OCH3 is 1. The number of esters is 1. The molecular formula is C31H34ClN3O3. The van der Waals surface area contributed by atoms with Gasteiger partial charge in [0.1, 0.15) is 11.9 Å². The summed E-state index contributed by atoms with van der Waals surface area (Å²) in [7, 11) is 1.37. The van der Waals surface area contributed by atoms with Crippen LogP contribution in [0.3, 0.4) is 0 Å². The summed E-state index contributed by atoms with van der Waals surface area (Å²) in [5, 5.41) is 5.02. The number of para-hydroxylation sites is 1. The number of aromatic amines is 1. The second kappa shape index (κ2) is 9.04. The maximum atomic E-state index is 13.2. The molecule has 8 rings (SSSR count). The molecule has 198 valence electrons. The largest absolute Gasteiger partial charge is 0.467 e. The first-order valence-electron chi connectivity index (χ1n) is 13.9. The molecule has 0 saturated heterocycles. The van der Waals surface area contributed by atoms with Crippen molar-refractivity contribution in [3.63, 3.8) is 0 Å². The van der Waals surface area contributed by atoms with E-state index in [-0.39, 0.29) is 17.3 Å². The summed E-state index contributed by atoms with van der Waals surface area (Å²) in [6.45, 7) is 0. The molecule has 2 aromatic carbocycles. The van der Waals surface area contributed by atoms with E-state index in [9.17, 15) is 9.59 Å². The van der Waals surface area contributed by atoms with E-state index in [1.807, 2.05) is 18.2 Å². The van der Waals surface area contributed by atoms with Crippen LogP contribution >= 0.6 is 11.6 Å². The van der Waals surface area contributed by atoms with Crippen LogP contribution in [0.5, 0.6) is 0 Å². The molecule has 4 saturated carbocycles. The minimum Gasteiger partial charge on any atom is -0.467 e. The average molecular weight is 532 g/mol. The van der Waals surface area contributed by atoms with Crippen molar-refractivity contribution >= 4 is 40.1 Å². The Morgan fingerprint density at radius 3 is 2.32 bits per heavy atom. The van der Waals surface area contributed by atoms with E-state index in [0.29, 0.717) is 6.42 Å². The number of rotatable bonds is 5. The molecule has 1 aliphatic heterocycles. The van der Waals surface area contributed by atoms with Gasteiger partial charge in [0.25, 0.3) is 0 Å². The summed E-state index contributed by atoms with van der Waals surface area (Å²) >= 11 is 6.09. The standard InChI is InChI=1S/C31H34ClN3O3/c1-38-30(37)26-13-24-23-4-2-3-5-25(23)33-28(24)29(35(26)27(36)17-32)21-6-8-22(9-7-21)34-31-14-18-10-19(15-31)12-20(11-18)16-31/h2-9,18-20,26,29,33-34H,10-17H2,1H3/t18?,19?,20?,26-,29+,31?/m1/s1. The van der Waals surface area contributed by atoms with Crippen LogP contribution in [-0.4, -0.2) is 46.3 Å². The Balaban J connectivity index is 1.26. The molecule has 3 aromatic rings. The third-order valence-corrected chi connectivity index (χ3v) is 9.91. The topological polar surface area (TPSA) is 74.4 Å². The molecule has 0 unspecified atom stereocenters. The Morgan fingerprint density at radius 1 is 1.03 bits per heavy atom. The highest BCUT2D eigenvalue weighted by atomic mass is 35.5. The fourth-order valence-corrected chi connectivity index (χ4v) is 8.79. The number of hydrogen-bond acceptors (Lipinski definition) is 4. The molecule has 4 bridgehead atoms. The Bertz CT molecular complexity index is 1360. The highest BCUT2D eigenvalue weighted by Gasteiger charge is 2.51. The Kier molecular flexibility index (Phi) is 5.73. The smallest absolute Gasteiger partial charge is 0.328 e. The van der Waals surface area contributed by atoms with Crippen LogP contribution in [0.2, 0.25) is 0 Å². The highest BCUT2D eigenvalue weighted by Crippen LogP contribution is 2.56. The first-order valence-corrected chi connectivity index (χ1v) is 14.4. The minimum atomic E-state index is -0.743. The lowest BCUT2D eigenvalue weighted by Crippen LogP contribution is -2.54. The van der Waals surface area contributed by atoms with Gasteiger partial charge in [-0.25, -0.2) is 4.79 Å². The molecule has 2 atom stereocenters. The number of nitrogens with zero attached hydrogens (tertiary/aromatic N) is 1. The number of anilines is 1. The summed E-state index contributed by atoms with van der Waals surface area (Å²) < 4.78 is 5.16. The van der Waals surface area contributed by atoms with Crippen molar-refractivity contribution in [2.75, 3.05) is 18.3 Å². The van der Waals surface area contributed by atoms with E-state index in [1.165, 1.54) is 45.6 Å². The Morgan fingerprint density at radius 2 is 1.68 bits per heavy atom. The maximum absolute atomic E-state index is 13.2. The van der Waals surface area contributed by atoms with Gasteiger partial charge >= 0.3 is 5.97 Å². The SMILES string of the molecule is COC(=O)[C@H]1Cc2c([nH]c3ccccc23)[C@H](c2ccc(NC34CC5CC(CC(C5)C3)C4)cc2)N1C(=O)CCl. The van der Waals surface area contributed by atoms with Crippen LogP contribution < -0.4 is 5.32 Å². The molecule has 5 aliphatic rings. The van der Waals surface area contributed by atoms with Gasteiger partial charge in [0.15, 0.2) is 0 Å². The van der Waals surface area contributed by atoms with Gasteiger partial charge in [-0.15, -0.1) is 11.6 Å². The predicted octanol–water partition coefficient (Wildman–Crippen LogP) is 5.80. The summed E-state index contributed by atoms with van der Waals surface area (Å²) in [5.41, 5.74) is 5.28. The number of halogens is 1. The molecule has 0 spiro atoms. The lowest BCUT2D eigenvalue weighted by Gasteiger charge is -2.57. The second-order valence-corrected chi connectivity index (χ2v) is 12.4. The number of hydrogen-bond donors (Lipinski definition) is 2. The van der Waals surface area contributed by atoms with Crippen LogP contribution in [0.25, 0.3) is 10.9 Å². The van der Waals surface area contributed by atoms with Gasteiger partial charge in [-0.3, -0.25) is 4.79 Å². The number of amides is 1. The molecule has 7 heteroatoms. The van der Waals surface area contributed by atoms with Crippen molar-refractivity contribution in [2.45, 2.75) is 62.6 Å². The summed E-state index contributed by atoms with van der Waals surface area (Å²) in [4.78, 5) is 31.4. The van der Waals surface area contributed by atoms with Crippen molar-refractivity contribution < 1.29 is 14.3 Å². The number of nitrogens with one attached hydrogen (secondary N) is 2. The summed E-state index contributed by atoms with van der Waals surface area (Å²) in [6.07, 6.45) is 8.47. The van der Waals surface area contributed by atoms with Crippen LogP contribution in [0.1, 0.15) is 61.4 Å². The van der Waals surface area contributed by atoms with Crippen molar-refractivity contribution in [1.82, 2.24) is 9.88 Å².